The van der Waals surface area contributed by atoms with Crippen LogP contribution >= 0.6 is 0 Å². The van der Waals surface area contributed by atoms with E-state index in [1.165, 1.54) is 0 Å². The maximum atomic E-state index is 11.5. The zero-order valence-corrected chi connectivity index (χ0v) is 7.92. The molecule has 0 atom stereocenters. The summed E-state index contributed by atoms with van der Waals surface area (Å²) in [5, 5.41) is 0. The second-order valence-corrected chi connectivity index (χ2v) is 3.17. The first kappa shape index (κ1) is 8.74. The molecule has 0 spiro atoms. The highest BCUT2D eigenvalue weighted by molar-refractivity contribution is 5.10. The van der Waals surface area contributed by atoms with E-state index in [1.807, 2.05) is 12.1 Å². The van der Waals surface area contributed by atoms with Crippen molar-refractivity contribution >= 4 is 0 Å². The quantitative estimate of drug-likeness (QED) is 0.695. The number of aryl methyl sites for hydroxylation is 1. The molecule has 2 heterocycles. The molecule has 0 bridgehead atoms. The minimum Gasteiger partial charge on any atom is -0.302 e. The van der Waals surface area contributed by atoms with E-state index in [2.05, 4.69) is 4.98 Å². The molecule has 2 rings (SSSR count). The van der Waals surface area contributed by atoms with Crippen molar-refractivity contribution < 1.29 is 0 Å². The number of hydrogen-bond donors (Lipinski definition) is 0. The Labute approximate surface area is 81.4 Å². The first-order chi connectivity index (χ1) is 6.77. The van der Waals surface area contributed by atoms with Crippen LogP contribution in [0.3, 0.4) is 0 Å². The van der Waals surface area contributed by atoms with Gasteiger partial charge in [0.1, 0.15) is 0 Å². The molecule has 0 amide bonds. The third-order valence-corrected chi connectivity index (χ3v) is 2.12. The van der Waals surface area contributed by atoms with Crippen LogP contribution in [0.5, 0.6) is 0 Å². The summed E-state index contributed by atoms with van der Waals surface area (Å²) >= 11 is 0. The lowest BCUT2D eigenvalue weighted by Crippen LogP contribution is -2.22. The molecule has 0 aliphatic heterocycles. The average molecular weight is 189 g/mol. The van der Waals surface area contributed by atoms with Gasteiger partial charge in [0, 0.05) is 31.8 Å². The minimum absolute atomic E-state index is 0.00168. The summed E-state index contributed by atoms with van der Waals surface area (Å²) in [7, 11) is 1.74. The van der Waals surface area contributed by atoms with E-state index in [4.69, 9.17) is 0 Å². The molecule has 0 radical (unpaired) electrons. The van der Waals surface area contributed by atoms with E-state index >= 15 is 0 Å². The Morgan fingerprint density at radius 1 is 1.29 bits per heavy atom. The molecule has 0 fully saturated rings. The van der Waals surface area contributed by atoms with Gasteiger partial charge in [-0.3, -0.25) is 9.55 Å². The molecular weight excluding hydrogens is 178 g/mol. The van der Waals surface area contributed by atoms with Crippen molar-refractivity contribution in [1.29, 1.82) is 0 Å². The van der Waals surface area contributed by atoms with E-state index in [0.29, 0.717) is 6.54 Å². The highest BCUT2D eigenvalue weighted by Crippen LogP contribution is 1.98. The lowest BCUT2D eigenvalue weighted by Gasteiger charge is -2.00. The number of pyridine rings is 1. The predicted octanol–water partition coefficient (Wildman–Crippen LogP) is 0.630. The third kappa shape index (κ3) is 1.59. The topological polar surface area (TPSA) is 39.8 Å². The molecule has 14 heavy (non-hydrogen) atoms. The van der Waals surface area contributed by atoms with Crippen LogP contribution in [0.15, 0.2) is 41.7 Å². The Hall–Kier alpha value is -1.84. The molecule has 0 unspecified atom stereocenters. The standard InChI is InChI=1S/C10H11N3O/c1-12-6-7-13(10(12)14)8-9-2-4-11-5-3-9/h2-7H,8H2,1H3. The Morgan fingerprint density at radius 3 is 2.57 bits per heavy atom. The van der Waals surface area contributed by atoms with Crippen molar-refractivity contribution in [2.75, 3.05) is 0 Å². The molecule has 0 saturated heterocycles. The summed E-state index contributed by atoms with van der Waals surface area (Å²) < 4.78 is 3.22. The molecule has 4 heteroatoms. The fourth-order valence-corrected chi connectivity index (χ4v) is 1.32. The van der Waals surface area contributed by atoms with Gasteiger partial charge in [0.05, 0.1) is 6.54 Å². The molecule has 72 valence electrons. The van der Waals surface area contributed by atoms with Crippen molar-refractivity contribution in [2.45, 2.75) is 6.54 Å². The van der Waals surface area contributed by atoms with Gasteiger partial charge in [0.15, 0.2) is 0 Å². The van der Waals surface area contributed by atoms with Gasteiger partial charge in [-0.25, -0.2) is 4.79 Å². The van der Waals surface area contributed by atoms with Gasteiger partial charge in [-0.2, -0.15) is 0 Å². The van der Waals surface area contributed by atoms with E-state index < -0.39 is 0 Å². The van der Waals surface area contributed by atoms with Crippen molar-refractivity contribution in [3.05, 3.63) is 53.0 Å². The average Bonchev–Trinajstić information content (AvgIpc) is 2.52. The lowest BCUT2D eigenvalue weighted by molar-refractivity contribution is 0.717. The Kier molecular flexibility index (Phi) is 2.18. The number of hydrogen-bond acceptors (Lipinski definition) is 2. The van der Waals surface area contributed by atoms with E-state index in [-0.39, 0.29) is 5.69 Å². The van der Waals surface area contributed by atoms with Crippen LogP contribution in [0.1, 0.15) is 5.56 Å². The van der Waals surface area contributed by atoms with Gasteiger partial charge in [-0.05, 0) is 17.7 Å². The molecular formula is C10H11N3O. The molecule has 0 aromatic carbocycles. The van der Waals surface area contributed by atoms with Gasteiger partial charge in [-0.15, -0.1) is 0 Å². The van der Waals surface area contributed by atoms with Crippen LogP contribution in [-0.4, -0.2) is 14.1 Å². The van der Waals surface area contributed by atoms with Crippen molar-refractivity contribution in [3.63, 3.8) is 0 Å². The van der Waals surface area contributed by atoms with Crippen molar-refractivity contribution in [2.24, 2.45) is 7.05 Å². The number of rotatable bonds is 2. The fourth-order valence-electron chi connectivity index (χ4n) is 1.32. The molecule has 0 aliphatic carbocycles. The Balaban J connectivity index is 2.28. The van der Waals surface area contributed by atoms with Gasteiger partial charge in [0.25, 0.3) is 0 Å². The Morgan fingerprint density at radius 2 is 2.00 bits per heavy atom. The molecule has 0 N–H and O–H groups in total. The summed E-state index contributed by atoms with van der Waals surface area (Å²) in [6.45, 7) is 0.599. The largest absolute Gasteiger partial charge is 0.328 e. The van der Waals surface area contributed by atoms with E-state index in [0.717, 1.165) is 5.56 Å². The van der Waals surface area contributed by atoms with Gasteiger partial charge >= 0.3 is 5.69 Å². The zero-order chi connectivity index (χ0) is 9.97. The normalized spacial score (nSPS) is 10.4. The van der Waals surface area contributed by atoms with E-state index in [9.17, 15) is 4.79 Å². The minimum atomic E-state index is 0.00168. The van der Waals surface area contributed by atoms with Crippen LogP contribution in [0.4, 0.5) is 0 Å². The number of nitrogens with zero attached hydrogens (tertiary/aromatic N) is 3. The highest BCUT2D eigenvalue weighted by atomic mass is 16.1. The third-order valence-electron chi connectivity index (χ3n) is 2.12. The monoisotopic (exact) mass is 189 g/mol. The first-order valence-electron chi connectivity index (χ1n) is 4.38. The maximum Gasteiger partial charge on any atom is 0.328 e. The first-order valence-corrected chi connectivity index (χ1v) is 4.38. The van der Waals surface area contributed by atoms with Gasteiger partial charge < -0.3 is 4.57 Å². The van der Waals surface area contributed by atoms with Gasteiger partial charge in [-0.1, -0.05) is 0 Å². The maximum absolute atomic E-state index is 11.5. The number of aromatic nitrogens is 3. The smallest absolute Gasteiger partial charge is 0.302 e. The second-order valence-electron chi connectivity index (χ2n) is 3.17. The van der Waals surface area contributed by atoms with Gasteiger partial charge in [0.2, 0.25) is 0 Å². The fraction of sp³-hybridized carbons (Fsp3) is 0.200. The molecule has 2 aromatic rings. The van der Waals surface area contributed by atoms with Crippen LogP contribution in [0.25, 0.3) is 0 Å². The van der Waals surface area contributed by atoms with Crippen molar-refractivity contribution in [3.8, 4) is 0 Å². The molecule has 0 saturated carbocycles. The van der Waals surface area contributed by atoms with Crippen LogP contribution in [0.2, 0.25) is 0 Å². The van der Waals surface area contributed by atoms with Crippen molar-refractivity contribution in [1.82, 2.24) is 14.1 Å². The summed E-state index contributed by atoms with van der Waals surface area (Å²) in [5.41, 5.74) is 1.08. The second kappa shape index (κ2) is 3.49. The summed E-state index contributed by atoms with van der Waals surface area (Å²) in [5.74, 6) is 0. The Bertz CT molecular complexity index is 470. The lowest BCUT2D eigenvalue weighted by atomic mass is 10.3. The highest BCUT2D eigenvalue weighted by Gasteiger charge is 1.99. The predicted molar refractivity (Wildman–Crippen MR) is 53.0 cm³/mol. The zero-order valence-electron chi connectivity index (χ0n) is 7.92. The SMILES string of the molecule is Cn1ccn(Cc2ccncc2)c1=O. The van der Waals surface area contributed by atoms with Crippen LogP contribution < -0.4 is 5.69 Å². The number of imidazole rings is 1. The molecule has 0 aliphatic rings. The molecule has 4 nitrogen and oxygen atoms in total. The van der Waals surface area contributed by atoms with Crippen LogP contribution in [-0.2, 0) is 13.6 Å². The van der Waals surface area contributed by atoms with E-state index in [1.54, 1.807) is 41.0 Å². The molecule has 2 aromatic heterocycles. The summed E-state index contributed by atoms with van der Waals surface area (Å²) in [4.78, 5) is 15.4. The summed E-state index contributed by atoms with van der Waals surface area (Å²) in [6, 6.07) is 3.80. The van der Waals surface area contributed by atoms with Crippen LogP contribution in [0, 0.1) is 0 Å². The summed E-state index contributed by atoms with van der Waals surface area (Å²) in [6.07, 6.45) is 6.99.